The van der Waals surface area contributed by atoms with Gasteiger partial charge in [0.15, 0.2) is 17.7 Å². The van der Waals surface area contributed by atoms with Crippen molar-refractivity contribution < 1.29 is 33.0 Å². The van der Waals surface area contributed by atoms with Gasteiger partial charge < -0.3 is 24.8 Å². The number of rotatable bonds is 16. The number of halogens is 2. The van der Waals surface area contributed by atoms with Crippen molar-refractivity contribution in [1.29, 1.82) is 0 Å². The molecule has 1 unspecified atom stereocenters. The Balaban J connectivity index is 1.92. The van der Waals surface area contributed by atoms with Crippen LogP contribution in [0.15, 0.2) is 42.5 Å². The number of carbonyl (C=O) groups excluding carboxylic acids is 1. The smallest absolute Gasteiger partial charge is 0.333 e. The molecular weight excluding hydrogens is 470 g/mol. The first-order valence-corrected chi connectivity index (χ1v) is 12.4. The number of urea groups is 1. The molecule has 36 heavy (non-hydrogen) atoms. The number of aliphatic carboxylic acids is 1. The van der Waals surface area contributed by atoms with Gasteiger partial charge in [0.1, 0.15) is 12.4 Å². The number of hydrogen-bond donors (Lipinski definition) is 2. The quantitative estimate of drug-likeness (QED) is 0.278. The number of unbranched alkanes of at least 4 members (excludes halogenated alkanes) is 4. The van der Waals surface area contributed by atoms with Gasteiger partial charge in [-0.2, -0.15) is 0 Å². The van der Waals surface area contributed by atoms with E-state index in [4.69, 9.17) is 9.47 Å². The Hall–Kier alpha value is -3.20. The van der Waals surface area contributed by atoms with Crippen molar-refractivity contribution >= 4 is 17.7 Å². The van der Waals surface area contributed by atoms with Gasteiger partial charge in [-0.05, 0) is 43.2 Å². The van der Waals surface area contributed by atoms with Gasteiger partial charge >= 0.3 is 12.0 Å². The minimum absolute atomic E-state index is 0.179. The molecule has 0 saturated carbocycles. The van der Waals surface area contributed by atoms with Crippen molar-refractivity contribution in [3.05, 3.63) is 59.7 Å². The fourth-order valence-corrected chi connectivity index (χ4v) is 3.63. The highest BCUT2D eigenvalue weighted by Crippen LogP contribution is 2.16. The van der Waals surface area contributed by atoms with Crippen LogP contribution in [0, 0.1) is 11.6 Å². The summed E-state index contributed by atoms with van der Waals surface area (Å²) in [5.41, 5.74) is 0.987. The molecule has 2 rings (SSSR count). The van der Waals surface area contributed by atoms with Crippen LogP contribution in [0.3, 0.4) is 0 Å². The maximum absolute atomic E-state index is 13.5. The first-order chi connectivity index (χ1) is 17.3. The molecule has 0 fully saturated rings. The molecule has 0 aromatic heterocycles. The van der Waals surface area contributed by atoms with Gasteiger partial charge in [0, 0.05) is 31.3 Å². The number of benzene rings is 2. The third-order valence-corrected chi connectivity index (χ3v) is 5.61. The lowest BCUT2D eigenvalue weighted by molar-refractivity contribution is -0.149. The molecule has 2 amide bonds. The zero-order valence-electron chi connectivity index (χ0n) is 21.0. The largest absolute Gasteiger partial charge is 0.492 e. The lowest BCUT2D eigenvalue weighted by Gasteiger charge is -2.23. The summed E-state index contributed by atoms with van der Waals surface area (Å²) in [6.07, 6.45) is 4.51. The molecule has 0 spiro atoms. The van der Waals surface area contributed by atoms with Crippen LogP contribution in [0.5, 0.6) is 5.75 Å². The summed E-state index contributed by atoms with van der Waals surface area (Å²) < 4.78 is 37.8. The summed E-state index contributed by atoms with van der Waals surface area (Å²) in [7, 11) is 0. The van der Waals surface area contributed by atoms with Gasteiger partial charge in [0.2, 0.25) is 0 Å². The van der Waals surface area contributed by atoms with Gasteiger partial charge in [0.25, 0.3) is 0 Å². The zero-order chi connectivity index (χ0) is 26.3. The van der Waals surface area contributed by atoms with Crippen molar-refractivity contribution in [1.82, 2.24) is 4.90 Å². The van der Waals surface area contributed by atoms with Crippen molar-refractivity contribution in [2.45, 2.75) is 58.5 Å². The Morgan fingerprint density at radius 2 is 1.69 bits per heavy atom. The van der Waals surface area contributed by atoms with Gasteiger partial charge in [-0.15, -0.1) is 0 Å². The first kappa shape index (κ1) is 29.0. The molecule has 198 valence electrons. The van der Waals surface area contributed by atoms with Crippen molar-refractivity contribution in [2.75, 3.05) is 31.6 Å². The van der Waals surface area contributed by atoms with Gasteiger partial charge in [-0.1, -0.05) is 44.7 Å². The van der Waals surface area contributed by atoms with Crippen molar-refractivity contribution in [3.8, 4) is 5.75 Å². The monoisotopic (exact) mass is 506 g/mol. The molecule has 0 aliphatic rings. The van der Waals surface area contributed by atoms with E-state index in [1.165, 1.54) is 6.07 Å². The predicted molar refractivity (Wildman–Crippen MR) is 134 cm³/mol. The highest BCUT2D eigenvalue weighted by atomic mass is 19.2. The van der Waals surface area contributed by atoms with Crippen LogP contribution < -0.4 is 10.1 Å². The summed E-state index contributed by atoms with van der Waals surface area (Å²) in [6.45, 7) is 5.24. The maximum Gasteiger partial charge on any atom is 0.333 e. The minimum Gasteiger partial charge on any atom is -0.492 e. The summed E-state index contributed by atoms with van der Waals surface area (Å²) in [5.74, 6) is -2.42. The van der Waals surface area contributed by atoms with E-state index in [9.17, 15) is 23.5 Å². The van der Waals surface area contributed by atoms with E-state index < -0.39 is 29.7 Å². The Labute approximate surface area is 211 Å². The molecule has 2 aromatic carbocycles. The Morgan fingerprint density at radius 3 is 2.33 bits per heavy atom. The number of nitrogens with zero attached hydrogens (tertiary/aromatic N) is 1. The SMILES string of the molecule is CCCCCCCN(CCOc1ccc(CC(OCC)C(=O)O)cc1)C(=O)Nc1ccc(F)c(F)c1. The zero-order valence-corrected chi connectivity index (χ0v) is 21.0. The minimum atomic E-state index is -1.03. The van der Waals surface area contributed by atoms with Crippen LogP contribution in [0.4, 0.5) is 19.3 Å². The average molecular weight is 507 g/mol. The third-order valence-electron chi connectivity index (χ3n) is 5.61. The Kier molecular flexibility index (Phi) is 12.7. The van der Waals surface area contributed by atoms with E-state index in [-0.39, 0.29) is 18.7 Å². The summed E-state index contributed by atoms with van der Waals surface area (Å²) in [4.78, 5) is 25.7. The molecule has 0 saturated heterocycles. The van der Waals surface area contributed by atoms with Crippen LogP contribution in [0.2, 0.25) is 0 Å². The second-order valence-corrected chi connectivity index (χ2v) is 8.44. The Bertz CT molecular complexity index is 956. The number of ether oxygens (including phenoxy) is 2. The topological polar surface area (TPSA) is 88.1 Å². The molecule has 9 heteroatoms. The number of nitrogens with one attached hydrogen (secondary N) is 1. The summed E-state index contributed by atoms with van der Waals surface area (Å²) in [6, 6.07) is 9.88. The molecular formula is C27H36F2N2O5. The van der Waals surface area contributed by atoms with Gasteiger partial charge in [-0.25, -0.2) is 18.4 Å². The number of carboxylic acids is 1. The van der Waals surface area contributed by atoms with Gasteiger partial charge in [-0.3, -0.25) is 0 Å². The van der Waals surface area contributed by atoms with Crippen LogP contribution >= 0.6 is 0 Å². The number of hydrogen-bond acceptors (Lipinski definition) is 4. The third kappa shape index (κ3) is 10.2. The second-order valence-electron chi connectivity index (χ2n) is 8.44. The standard InChI is InChI=1S/C27H36F2N2O5/c1-3-5-6-7-8-15-31(27(34)30-21-11-14-23(28)24(29)19-21)16-17-36-22-12-9-20(10-13-22)18-25(26(32)33)35-4-2/h9-14,19,25H,3-8,15-18H2,1-2H3,(H,30,34)(H,32,33). The molecule has 0 radical (unpaired) electrons. The van der Waals surface area contributed by atoms with Crippen LogP contribution in [-0.4, -0.2) is 54.4 Å². The van der Waals surface area contributed by atoms with E-state index in [1.54, 1.807) is 36.1 Å². The molecule has 1 atom stereocenters. The average Bonchev–Trinajstić information content (AvgIpc) is 2.85. The molecule has 2 aromatic rings. The lowest BCUT2D eigenvalue weighted by Crippen LogP contribution is -2.38. The first-order valence-electron chi connectivity index (χ1n) is 12.4. The van der Waals surface area contributed by atoms with E-state index in [0.29, 0.717) is 25.4 Å². The predicted octanol–water partition coefficient (Wildman–Crippen LogP) is 5.88. The van der Waals surface area contributed by atoms with Crippen LogP contribution in [0.25, 0.3) is 0 Å². The Morgan fingerprint density at radius 1 is 0.972 bits per heavy atom. The molecule has 7 nitrogen and oxygen atoms in total. The molecule has 0 bridgehead atoms. The summed E-state index contributed by atoms with van der Waals surface area (Å²) >= 11 is 0. The molecule has 0 aliphatic heterocycles. The summed E-state index contributed by atoms with van der Waals surface area (Å²) in [5, 5.41) is 11.9. The van der Waals surface area contributed by atoms with Crippen LogP contribution in [0.1, 0.15) is 51.5 Å². The normalized spacial score (nSPS) is 11.7. The number of carboxylic acid groups (broad SMARTS) is 1. The highest BCUT2D eigenvalue weighted by Gasteiger charge is 2.18. The number of anilines is 1. The van der Waals surface area contributed by atoms with E-state index in [1.807, 2.05) is 0 Å². The van der Waals surface area contributed by atoms with Crippen LogP contribution in [-0.2, 0) is 16.0 Å². The fraction of sp³-hybridized carbons (Fsp3) is 0.481. The fourth-order valence-electron chi connectivity index (χ4n) is 3.63. The lowest BCUT2D eigenvalue weighted by atomic mass is 10.1. The van der Waals surface area contributed by atoms with E-state index >= 15 is 0 Å². The van der Waals surface area contributed by atoms with Crippen molar-refractivity contribution in [3.63, 3.8) is 0 Å². The molecule has 0 aliphatic carbocycles. The molecule has 0 heterocycles. The highest BCUT2D eigenvalue weighted by molar-refractivity contribution is 5.89. The maximum atomic E-state index is 13.5. The second kappa shape index (κ2) is 15.7. The van der Waals surface area contributed by atoms with Crippen molar-refractivity contribution in [2.24, 2.45) is 0 Å². The van der Waals surface area contributed by atoms with Gasteiger partial charge in [0.05, 0.1) is 6.54 Å². The number of amides is 2. The van der Waals surface area contributed by atoms with E-state index in [0.717, 1.165) is 49.8 Å². The number of carbonyl (C=O) groups is 2. The molecule has 2 N–H and O–H groups in total. The van der Waals surface area contributed by atoms with E-state index in [2.05, 4.69) is 12.2 Å².